The van der Waals surface area contributed by atoms with Gasteiger partial charge < -0.3 is 33.2 Å². The van der Waals surface area contributed by atoms with Gasteiger partial charge in [0.2, 0.25) is 6.79 Å². The number of fused-ring (bicyclic) bond motifs is 11. The van der Waals surface area contributed by atoms with Crippen LogP contribution in [0.4, 0.5) is 0 Å². The van der Waals surface area contributed by atoms with E-state index in [-0.39, 0.29) is 30.9 Å². The van der Waals surface area contributed by atoms with Gasteiger partial charge in [-0.05, 0) is 50.9 Å². The lowest BCUT2D eigenvalue weighted by molar-refractivity contribution is -0.158. The SMILES string of the molecule is COc1c(C)cc2c(c1O)[C@H]1[C@@H]3[C@@H]4SC[C@]5(NCCc6c5oc5ccccc65)C(=O)OC[C@@H](c5c6c(c(C)c(OC(C)=O)c54)OCO6)N3C(C#N)[C@@H](C2)N1C. The van der Waals surface area contributed by atoms with Crippen LogP contribution in [0.3, 0.4) is 0 Å². The number of thioether (sulfide) groups is 1. The van der Waals surface area contributed by atoms with Gasteiger partial charge in [0.25, 0.3) is 0 Å². The minimum Gasteiger partial charge on any atom is -0.504 e. The molecule has 284 valence electrons. The summed E-state index contributed by atoms with van der Waals surface area (Å²) < 4.78 is 37.2. The molecular weight excluding hydrogens is 725 g/mol. The molecule has 2 fully saturated rings. The van der Waals surface area contributed by atoms with Crippen molar-refractivity contribution in [1.29, 1.82) is 5.26 Å². The van der Waals surface area contributed by atoms with Gasteiger partial charge in [0, 0.05) is 64.5 Å². The summed E-state index contributed by atoms with van der Waals surface area (Å²) in [5.41, 5.74) is 4.79. The number of benzene rings is 3. The molecule has 0 radical (unpaired) electrons. The number of esters is 2. The van der Waals surface area contributed by atoms with Crippen LogP contribution in [0.15, 0.2) is 34.7 Å². The zero-order valence-corrected chi connectivity index (χ0v) is 31.9. The average Bonchev–Trinajstić information content (AvgIpc) is 3.81. The summed E-state index contributed by atoms with van der Waals surface area (Å²) in [4.78, 5) is 32.1. The number of methoxy groups -OCH3 is 1. The first-order valence-electron chi connectivity index (χ1n) is 18.6. The number of aryl methyl sites for hydroxylation is 1. The molecule has 7 aliphatic heterocycles. The van der Waals surface area contributed by atoms with Gasteiger partial charge in [-0.25, -0.2) is 4.79 Å². The molecule has 0 saturated carbocycles. The Morgan fingerprint density at radius 2 is 1.93 bits per heavy atom. The lowest BCUT2D eigenvalue weighted by atomic mass is 9.71. The highest BCUT2D eigenvalue weighted by Crippen LogP contribution is 2.64. The summed E-state index contributed by atoms with van der Waals surface area (Å²) in [6.07, 6.45) is 1.18. The monoisotopic (exact) mass is 764 g/mol. The number of nitriles is 1. The van der Waals surface area contributed by atoms with Crippen LogP contribution in [0, 0.1) is 25.2 Å². The number of phenolic OH excluding ortho intramolecular Hbond substituents is 1. The molecular formula is C41H40N4O9S. The van der Waals surface area contributed by atoms with Crippen molar-refractivity contribution in [2.24, 2.45) is 0 Å². The number of rotatable bonds is 2. The van der Waals surface area contributed by atoms with Gasteiger partial charge in [-0.2, -0.15) is 5.26 Å². The van der Waals surface area contributed by atoms with E-state index in [2.05, 4.69) is 27.3 Å². The molecule has 14 heteroatoms. The van der Waals surface area contributed by atoms with E-state index >= 15 is 0 Å². The Hall–Kier alpha value is -4.94. The van der Waals surface area contributed by atoms with Crippen molar-refractivity contribution in [3.63, 3.8) is 0 Å². The van der Waals surface area contributed by atoms with Crippen molar-refractivity contribution in [3.8, 4) is 34.8 Å². The largest absolute Gasteiger partial charge is 0.504 e. The van der Waals surface area contributed by atoms with Crippen LogP contribution in [-0.4, -0.2) is 84.8 Å². The number of nitrogens with one attached hydrogen (secondary N) is 1. The Kier molecular flexibility index (Phi) is 7.71. The molecule has 7 aliphatic rings. The quantitative estimate of drug-likeness (QED) is 0.207. The molecule has 0 aliphatic carbocycles. The Morgan fingerprint density at radius 1 is 1.13 bits per heavy atom. The Morgan fingerprint density at radius 3 is 2.71 bits per heavy atom. The maximum atomic E-state index is 14.8. The number of hydrogen-bond acceptors (Lipinski definition) is 14. The molecule has 13 nitrogen and oxygen atoms in total. The third kappa shape index (κ3) is 4.58. The van der Waals surface area contributed by atoms with Crippen LogP contribution in [-0.2, 0) is 32.7 Å². The number of phenols is 1. The number of hydrogen-bond donors (Lipinski definition) is 2. The standard InChI is InChI=1S/C41H40N4O9S/c1-18-12-21-13-24-25(14-42)45-26-15-50-40(48)41(39-23(10-11-43-41)22-8-6-7-9-27(22)54-39)16-55-38(32(45)31(44(24)4)28(21)33(47)34(18)49-5)30-29(26)37-36(51-17-52-37)19(2)35(30)53-20(3)46/h6-9,12,24-26,31-32,38,43,47H,10-11,13,15-17H2,1-5H3/t24-,25?,26+,31+,32-,38-,41-/m1/s1. The normalized spacial score (nSPS) is 29.1. The molecule has 55 heavy (non-hydrogen) atoms. The maximum absolute atomic E-state index is 14.8. The molecule has 1 aromatic heterocycles. The van der Waals surface area contributed by atoms with Gasteiger partial charge in [-0.15, -0.1) is 11.8 Å². The fourth-order valence-corrected chi connectivity index (χ4v) is 12.1. The van der Waals surface area contributed by atoms with E-state index in [9.17, 15) is 20.0 Å². The predicted octanol–water partition coefficient (Wildman–Crippen LogP) is 5.02. The zero-order valence-electron chi connectivity index (χ0n) is 31.1. The van der Waals surface area contributed by atoms with Crippen molar-refractivity contribution in [2.45, 2.75) is 74.6 Å². The molecule has 1 spiro atoms. The number of nitrogens with zero attached hydrogens (tertiary/aromatic N) is 3. The summed E-state index contributed by atoms with van der Waals surface area (Å²) in [5, 5.41) is 27.2. The van der Waals surface area contributed by atoms with Crippen LogP contribution in [0.25, 0.3) is 11.0 Å². The molecule has 8 heterocycles. The van der Waals surface area contributed by atoms with E-state index in [1.807, 2.05) is 45.2 Å². The molecule has 0 amide bonds. The first-order chi connectivity index (χ1) is 26.6. The molecule has 4 bridgehead atoms. The topological polar surface area (TPSA) is 156 Å². The van der Waals surface area contributed by atoms with E-state index < -0.39 is 46.9 Å². The fourth-order valence-electron chi connectivity index (χ4n) is 10.4. The second kappa shape index (κ2) is 12.3. The van der Waals surface area contributed by atoms with Crippen LogP contribution >= 0.6 is 11.8 Å². The lowest BCUT2D eigenvalue weighted by Gasteiger charge is -2.62. The smallest absolute Gasteiger partial charge is 0.335 e. The highest BCUT2D eigenvalue weighted by molar-refractivity contribution is 7.99. The Bertz CT molecular complexity index is 2390. The van der Waals surface area contributed by atoms with Crippen LogP contribution in [0.1, 0.15) is 69.0 Å². The van der Waals surface area contributed by atoms with Crippen LogP contribution < -0.4 is 24.3 Å². The Labute approximate surface area is 321 Å². The number of para-hydroxylation sites is 1. The molecule has 1 unspecified atom stereocenters. The van der Waals surface area contributed by atoms with E-state index in [1.165, 1.54) is 18.7 Å². The highest BCUT2D eigenvalue weighted by atomic mass is 32.2. The van der Waals surface area contributed by atoms with E-state index in [0.29, 0.717) is 64.9 Å². The van der Waals surface area contributed by atoms with Gasteiger partial charge in [0.1, 0.15) is 29.7 Å². The maximum Gasteiger partial charge on any atom is 0.335 e. The summed E-state index contributed by atoms with van der Waals surface area (Å²) in [6, 6.07) is 9.90. The third-order valence-corrected chi connectivity index (χ3v) is 14.1. The summed E-state index contributed by atoms with van der Waals surface area (Å²) in [6.45, 7) is 5.46. The second-order valence-corrected chi connectivity index (χ2v) is 16.4. The number of carbonyl (C=O) groups excluding carboxylic acids is 2. The van der Waals surface area contributed by atoms with Gasteiger partial charge in [-0.1, -0.05) is 24.3 Å². The van der Waals surface area contributed by atoms with E-state index in [0.717, 1.165) is 33.2 Å². The minimum absolute atomic E-state index is 0.0438. The van der Waals surface area contributed by atoms with Crippen molar-refractivity contribution in [3.05, 3.63) is 75.0 Å². The van der Waals surface area contributed by atoms with Crippen molar-refractivity contribution < 1.29 is 42.8 Å². The van der Waals surface area contributed by atoms with Gasteiger partial charge in [0.15, 0.2) is 28.5 Å². The molecule has 2 N–H and O–H groups in total. The number of ether oxygens (including phenoxy) is 5. The molecule has 7 atom stereocenters. The first kappa shape index (κ1) is 34.5. The summed E-state index contributed by atoms with van der Waals surface area (Å²) >= 11 is 1.52. The number of carbonyl (C=O) groups is 2. The molecule has 2 saturated heterocycles. The van der Waals surface area contributed by atoms with Gasteiger partial charge in [-0.3, -0.25) is 19.9 Å². The number of piperazine rings is 1. The molecule has 11 rings (SSSR count). The number of aromatic hydroxyl groups is 1. The van der Waals surface area contributed by atoms with Crippen LogP contribution in [0.5, 0.6) is 28.7 Å². The van der Waals surface area contributed by atoms with Crippen molar-refractivity contribution in [2.75, 3.05) is 39.9 Å². The predicted molar refractivity (Wildman–Crippen MR) is 200 cm³/mol. The van der Waals surface area contributed by atoms with Crippen LogP contribution in [0.2, 0.25) is 0 Å². The summed E-state index contributed by atoms with van der Waals surface area (Å²) in [5.74, 6) is 1.49. The third-order valence-electron chi connectivity index (χ3n) is 12.6. The molecule has 3 aromatic carbocycles. The molecule has 4 aromatic rings. The number of furan rings is 1. The lowest BCUT2D eigenvalue weighted by Crippen LogP contribution is -2.69. The van der Waals surface area contributed by atoms with E-state index in [1.54, 1.807) is 7.11 Å². The Balaban J connectivity index is 1.25. The zero-order chi connectivity index (χ0) is 38.1. The van der Waals surface area contributed by atoms with Crippen molar-refractivity contribution >= 4 is 34.7 Å². The fraction of sp³-hybridized carbons (Fsp3) is 0.439. The summed E-state index contributed by atoms with van der Waals surface area (Å²) in [7, 11) is 3.56. The average molecular weight is 765 g/mol. The van der Waals surface area contributed by atoms with Gasteiger partial charge >= 0.3 is 11.9 Å². The van der Waals surface area contributed by atoms with Crippen molar-refractivity contribution in [1.82, 2.24) is 15.1 Å². The minimum atomic E-state index is -1.35. The number of likely N-dealkylation sites (N-methyl/N-ethyl adjacent to an activating group) is 1. The highest BCUT2D eigenvalue weighted by Gasteiger charge is 2.62. The van der Waals surface area contributed by atoms with Gasteiger partial charge in [0.05, 0.1) is 30.5 Å². The second-order valence-electron chi connectivity index (χ2n) is 15.3. The van der Waals surface area contributed by atoms with E-state index in [4.69, 9.17) is 28.1 Å². The first-order valence-corrected chi connectivity index (χ1v) is 19.6.